The van der Waals surface area contributed by atoms with Crippen LogP contribution < -0.4 is 0 Å². The zero-order chi connectivity index (χ0) is 18.4. The Kier molecular flexibility index (Phi) is 8.65. The lowest BCUT2D eigenvalue weighted by Crippen LogP contribution is -2.58. The summed E-state index contributed by atoms with van der Waals surface area (Å²) in [5.74, 6) is -1.68. The summed E-state index contributed by atoms with van der Waals surface area (Å²) in [7, 11) is 0. The summed E-state index contributed by atoms with van der Waals surface area (Å²) in [5.41, 5.74) is 0. The molecule has 9 nitrogen and oxygen atoms in total. The molecule has 0 amide bonds. The molecule has 24 heavy (non-hydrogen) atoms. The van der Waals surface area contributed by atoms with Gasteiger partial charge >= 0.3 is 11.9 Å². The van der Waals surface area contributed by atoms with Crippen molar-refractivity contribution in [1.29, 1.82) is 0 Å². The number of halogens is 2. The van der Waals surface area contributed by atoms with Crippen molar-refractivity contribution in [1.82, 2.24) is 0 Å². The Hall–Kier alpha value is -0.680. The second kappa shape index (κ2) is 9.71. The van der Waals surface area contributed by atoms with E-state index in [1.54, 1.807) is 6.92 Å². The predicted octanol–water partition coefficient (Wildman–Crippen LogP) is -1.50. The van der Waals surface area contributed by atoms with E-state index in [0.29, 0.717) is 6.42 Å². The van der Waals surface area contributed by atoms with Gasteiger partial charge in [-0.15, -0.1) is 23.2 Å². The van der Waals surface area contributed by atoms with Crippen molar-refractivity contribution in [2.24, 2.45) is 0 Å². The Bertz CT molecular complexity index is 436. The van der Waals surface area contributed by atoms with Crippen LogP contribution in [0.15, 0.2) is 0 Å². The normalized spacial score (nSPS) is 32.7. The Labute approximate surface area is 148 Å². The zero-order valence-electron chi connectivity index (χ0n) is 12.7. The third-order valence-electron chi connectivity index (χ3n) is 3.32. The lowest BCUT2D eigenvalue weighted by Gasteiger charge is -2.37. The van der Waals surface area contributed by atoms with Crippen LogP contribution >= 0.6 is 23.2 Å². The molecular formula is C13H20Cl2O9. The van der Waals surface area contributed by atoms with Crippen LogP contribution in [0.1, 0.15) is 13.3 Å². The number of carbonyl (C=O) groups excluding carboxylic acids is 2. The third kappa shape index (κ3) is 5.69. The average Bonchev–Trinajstić information content (AvgIpc) is 2.58. The van der Waals surface area contributed by atoms with Crippen LogP contribution in [-0.4, -0.2) is 87.0 Å². The Morgan fingerprint density at radius 2 is 1.58 bits per heavy atom. The number of rotatable bonds is 7. The van der Waals surface area contributed by atoms with E-state index in [-0.39, 0.29) is 0 Å². The van der Waals surface area contributed by atoms with Gasteiger partial charge in [-0.05, 0) is 6.42 Å². The SMILES string of the molecule is CCC(Cl)C(=O)OCC(Cl)C(=O)OCC1OC(O)C(O)C(O)C1O. The molecule has 0 aromatic heterocycles. The van der Waals surface area contributed by atoms with Crippen LogP contribution in [0, 0.1) is 0 Å². The van der Waals surface area contributed by atoms with Crippen LogP contribution in [-0.2, 0) is 23.8 Å². The molecule has 0 saturated carbocycles. The molecule has 1 aliphatic rings. The number of alkyl halides is 2. The topological polar surface area (TPSA) is 143 Å². The first-order chi connectivity index (χ1) is 11.2. The minimum Gasteiger partial charge on any atom is -0.462 e. The monoisotopic (exact) mass is 390 g/mol. The summed E-state index contributed by atoms with van der Waals surface area (Å²) in [5, 5.41) is 35.7. The summed E-state index contributed by atoms with van der Waals surface area (Å²) < 4.78 is 14.4. The Morgan fingerprint density at radius 3 is 2.17 bits per heavy atom. The molecule has 4 N–H and O–H groups in total. The second-order valence-corrected chi connectivity index (χ2v) is 6.19. The maximum atomic E-state index is 11.7. The second-order valence-electron chi connectivity index (χ2n) is 5.14. The van der Waals surface area contributed by atoms with Crippen molar-refractivity contribution in [3.63, 3.8) is 0 Å². The van der Waals surface area contributed by atoms with Gasteiger partial charge in [-0.2, -0.15) is 0 Å². The highest BCUT2D eigenvalue weighted by atomic mass is 35.5. The average molecular weight is 391 g/mol. The predicted molar refractivity (Wildman–Crippen MR) is 80.4 cm³/mol. The first-order valence-corrected chi connectivity index (χ1v) is 8.05. The van der Waals surface area contributed by atoms with Crippen molar-refractivity contribution in [2.75, 3.05) is 13.2 Å². The molecule has 1 saturated heterocycles. The van der Waals surface area contributed by atoms with Gasteiger partial charge in [-0.3, -0.25) is 9.59 Å². The number of aliphatic hydroxyl groups is 4. The smallest absolute Gasteiger partial charge is 0.327 e. The minimum atomic E-state index is -1.74. The molecule has 0 bridgehead atoms. The van der Waals surface area contributed by atoms with Crippen LogP contribution in [0.2, 0.25) is 0 Å². The number of carbonyl (C=O) groups is 2. The van der Waals surface area contributed by atoms with Gasteiger partial charge in [0.05, 0.1) is 0 Å². The quantitative estimate of drug-likeness (QED) is 0.301. The standard InChI is InChI=1S/C13H20Cl2O9/c1-2-5(14)11(19)22-3-6(15)12(20)23-4-7-8(16)9(17)10(18)13(21)24-7/h5-10,13,16-18,21H,2-4H2,1H3. The molecule has 0 aliphatic carbocycles. The zero-order valence-corrected chi connectivity index (χ0v) is 14.3. The number of hydrogen-bond acceptors (Lipinski definition) is 9. The largest absolute Gasteiger partial charge is 0.462 e. The van der Waals surface area contributed by atoms with Crippen LogP contribution in [0.5, 0.6) is 0 Å². The maximum Gasteiger partial charge on any atom is 0.327 e. The lowest BCUT2D eigenvalue weighted by molar-refractivity contribution is -0.287. The summed E-state index contributed by atoms with van der Waals surface area (Å²) in [6.07, 6.45) is -7.58. The fraction of sp³-hybridized carbons (Fsp3) is 0.846. The maximum absolute atomic E-state index is 11.7. The van der Waals surface area contributed by atoms with Crippen LogP contribution in [0.3, 0.4) is 0 Å². The fourth-order valence-corrected chi connectivity index (χ4v) is 1.99. The fourth-order valence-electron chi connectivity index (χ4n) is 1.80. The molecule has 1 rings (SSSR count). The van der Waals surface area contributed by atoms with Crippen molar-refractivity contribution >= 4 is 35.1 Å². The molecular weight excluding hydrogens is 371 g/mol. The highest BCUT2D eigenvalue weighted by Crippen LogP contribution is 2.20. The molecule has 0 aromatic rings. The van der Waals surface area contributed by atoms with Crippen molar-refractivity contribution in [3.8, 4) is 0 Å². The van der Waals surface area contributed by atoms with Gasteiger partial charge < -0.3 is 34.6 Å². The van der Waals surface area contributed by atoms with E-state index in [0.717, 1.165) is 0 Å². The molecule has 140 valence electrons. The number of esters is 2. The van der Waals surface area contributed by atoms with E-state index in [9.17, 15) is 30.0 Å². The number of aliphatic hydroxyl groups excluding tert-OH is 4. The summed E-state index contributed by atoms with van der Waals surface area (Å²) in [6, 6.07) is 0. The number of ether oxygens (including phenoxy) is 3. The van der Waals surface area contributed by atoms with E-state index < -0.39 is 66.6 Å². The molecule has 0 aromatic carbocycles. The van der Waals surface area contributed by atoms with E-state index >= 15 is 0 Å². The first-order valence-electron chi connectivity index (χ1n) is 7.18. The van der Waals surface area contributed by atoms with Gasteiger partial charge in [0, 0.05) is 0 Å². The molecule has 11 heteroatoms. The van der Waals surface area contributed by atoms with Crippen molar-refractivity contribution in [2.45, 2.75) is 54.8 Å². The van der Waals surface area contributed by atoms with E-state index in [1.165, 1.54) is 0 Å². The third-order valence-corrected chi connectivity index (χ3v) is 4.11. The first kappa shape index (κ1) is 21.4. The van der Waals surface area contributed by atoms with Gasteiger partial charge in [0.2, 0.25) is 0 Å². The van der Waals surface area contributed by atoms with E-state index in [2.05, 4.69) is 0 Å². The lowest BCUT2D eigenvalue weighted by atomic mass is 9.99. The minimum absolute atomic E-state index is 0.352. The molecule has 7 unspecified atom stereocenters. The number of hydrogen-bond donors (Lipinski definition) is 4. The molecule has 7 atom stereocenters. The van der Waals surface area contributed by atoms with Gasteiger partial charge in [0.1, 0.15) is 43.0 Å². The highest BCUT2D eigenvalue weighted by Gasteiger charge is 2.43. The van der Waals surface area contributed by atoms with Gasteiger partial charge in [-0.1, -0.05) is 6.92 Å². The Morgan fingerprint density at radius 1 is 1.00 bits per heavy atom. The molecule has 1 heterocycles. The Balaban J connectivity index is 2.41. The van der Waals surface area contributed by atoms with E-state index in [4.69, 9.17) is 37.4 Å². The summed E-state index contributed by atoms with van der Waals surface area (Å²) >= 11 is 11.4. The summed E-state index contributed by atoms with van der Waals surface area (Å²) in [6.45, 7) is 0.687. The molecule has 0 spiro atoms. The van der Waals surface area contributed by atoms with Crippen molar-refractivity contribution in [3.05, 3.63) is 0 Å². The van der Waals surface area contributed by atoms with Gasteiger partial charge in [-0.25, -0.2) is 0 Å². The van der Waals surface area contributed by atoms with E-state index in [1.807, 2.05) is 0 Å². The highest BCUT2D eigenvalue weighted by molar-refractivity contribution is 6.31. The molecule has 0 radical (unpaired) electrons. The van der Waals surface area contributed by atoms with Gasteiger partial charge in [0.25, 0.3) is 0 Å². The van der Waals surface area contributed by atoms with Gasteiger partial charge in [0.15, 0.2) is 11.7 Å². The molecule has 1 aliphatic heterocycles. The van der Waals surface area contributed by atoms with Crippen LogP contribution in [0.4, 0.5) is 0 Å². The molecule has 1 fully saturated rings. The van der Waals surface area contributed by atoms with Crippen LogP contribution in [0.25, 0.3) is 0 Å². The summed E-state index contributed by atoms with van der Waals surface area (Å²) in [4.78, 5) is 23.0. The van der Waals surface area contributed by atoms with Crippen molar-refractivity contribution < 1.29 is 44.2 Å².